The predicted molar refractivity (Wildman–Crippen MR) is 150 cm³/mol. The second-order valence-corrected chi connectivity index (χ2v) is 9.56. The number of carbonyl (C=O) groups is 2. The Hall–Kier alpha value is -4.50. The van der Waals surface area contributed by atoms with Gasteiger partial charge in [0, 0.05) is 22.5 Å². The summed E-state index contributed by atoms with van der Waals surface area (Å²) in [4.78, 5) is 43.6. The molecular weight excluding hydrogens is 548 g/mol. The molecule has 1 N–H and O–H groups in total. The summed E-state index contributed by atoms with van der Waals surface area (Å²) in [5.41, 5.74) is 3.35. The van der Waals surface area contributed by atoms with Crippen molar-refractivity contribution in [1.82, 2.24) is 14.3 Å². The third kappa shape index (κ3) is 4.88. The fourth-order valence-electron chi connectivity index (χ4n) is 4.21. The Balaban J connectivity index is 1.37. The number of esters is 1. The lowest BCUT2D eigenvalue weighted by atomic mass is 10.0. The molecular formula is C29H23BrN4O4. The molecule has 2 aromatic heterocycles. The minimum atomic E-state index is -0.663. The summed E-state index contributed by atoms with van der Waals surface area (Å²) >= 11 is 3.42. The zero-order valence-electron chi connectivity index (χ0n) is 20.6. The van der Waals surface area contributed by atoms with Crippen LogP contribution in [0, 0.1) is 6.92 Å². The normalized spacial score (nSPS) is 10.9. The van der Waals surface area contributed by atoms with Crippen molar-refractivity contribution in [1.29, 1.82) is 0 Å². The third-order valence-electron chi connectivity index (χ3n) is 6.23. The molecule has 0 bridgehead atoms. The van der Waals surface area contributed by atoms with Crippen LogP contribution in [-0.4, -0.2) is 32.8 Å². The average molecular weight is 571 g/mol. The van der Waals surface area contributed by atoms with E-state index in [-0.39, 0.29) is 11.2 Å². The first-order chi connectivity index (χ1) is 18.3. The highest BCUT2D eigenvalue weighted by Gasteiger charge is 2.20. The van der Waals surface area contributed by atoms with Gasteiger partial charge in [-0.05, 0) is 43.3 Å². The van der Waals surface area contributed by atoms with E-state index in [0.717, 1.165) is 10.0 Å². The standard InChI is InChI=1S/C29H23BrN4O4/c1-18-27(28(36)34(33(18)2)21-8-4-3-5-9-21)32-26(35)17-38-29(37)23-16-25(19-12-14-20(30)15-13-19)31-24-11-7-6-10-22(23)24/h3-16H,17H2,1-2H3,(H,32,35). The monoisotopic (exact) mass is 570 g/mol. The smallest absolute Gasteiger partial charge is 0.339 e. The highest BCUT2D eigenvalue weighted by molar-refractivity contribution is 9.10. The number of pyridine rings is 1. The number of fused-ring (bicyclic) bond motifs is 1. The van der Waals surface area contributed by atoms with Gasteiger partial charge < -0.3 is 10.1 Å². The number of hydrogen-bond acceptors (Lipinski definition) is 5. The van der Waals surface area contributed by atoms with Crippen molar-refractivity contribution < 1.29 is 14.3 Å². The van der Waals surface area contributed by atoms with Crippen LogP contribution in [-0.2, 0) is 16.6 Å². The maximum Gasteiger partial charge on any atom is 0.339 e. The van der Waals surface area contributed by atoms with E-state index >= 15 is 0 Å². The Labute approximate surface area is 226 Å². The average Bonchev–Trinajstić information content (AvgIpc) is 3.14. The second-order valence-electron chi connectivity index (χ2n) is 8.64. The zero-order valence-corrected chi connectivity index (χ0v) is 22.2. The van der Waals surface area contributed by atoms with Gasteiger partial charge in [-0.25, -0.2) is 14.5 Å². The largest absolute Gasteiger partial charge is 0.452 e. The molecule has 0 aliphatic heterocycles. The number of aromatic nitrogens is 3. The number of carbonyl (C=O) groups excluding carboxylic acids is 2. The third-order valence-corrected chi connectivity index (χ3v) is 6.76. The number of amides is 1. The number of benzene rings is 3. The lowest BCUT2D eigenvalue weighted by Gasteiger charge is -2.10. The Kier molecular flexibility index (Phi) is 6.93. The molecule has 1 amide bonds. The van der Waals surface area contributed by atoms with Gasteiger partial charge in [-0.1, -0.05) is 64.5 Å². The molecule has 0 unspecified atom stereocenters. The molecule has 0 aliphatic rings. The fourth-order valence-corrected chi connectivity index (χ4v) is 4.47. The van der Waals surface area contributed by atoms with Crippen molar-refractivity contribution >= 4 is 44.4 Å². The molecule has 0 saturated carbocycles. The molecule has 0 aliphatic carbocycles. The first kappa shape index (κ1) is 25.2. The predicted octanol–water partition coefficient (Wildman–Crippen LogP) is 5.26. The van der Waals surface area contributed by atoms with Crippen LogP contribution in [0.5, 0.6) is 0 Å². The molecule has 0 radical (unpaired) electrons. The van der Waals surface area contributed by atoms with Crippen LogP contribution in [0.3, 0.4) is 0 Å². The Morgan fingerprint density at radius 2 is 1.66 bits per heavy atom. The molecule has 0 fully saturated rings. The first-order valence-electron chi connectivity index (χ1n) is 11.8. The molecule has 38 heavy (non-hydrogen) atoms. The minimum absolute atomic E-state index is 0.129. The summed E-state index contributed by atoms with van der Waals surface area (Å²) in [6.07, 6.45) is 0. The van der Waals surface area contributed by atoms with Gasteiger partial charge in [0.15, 0.2) is 6.61 Å². The number of rotatable bonds is 6. The molecule has 0 atom stereocenters. The number of para-hydroxylation sites is 2. The van der Waals surface area contributed by atoms with Crippen LogP contribution < -0.4 is 10.9 Å². The lowest BCUT2D eigenvalue weighted by Crippen LogP contribution is -2.26. The van der Waals surface area contributed by atoms with Crippen LogP contribution in [0.4, 0.5) is 5.69 Å². The topological polar surface area (TPSA) is 95.2 Å². The number of nitrogens with one attached hydrogen (secondary N) is 1. The van der Waals surface area contributed by atoms with E-state index in [4.69, 9.17) is 4.74 Å². The highest BCUT2D eigenvalue weighted by Crippen LogP contribution is 2.26. The van der Waals surface area contributed by atoms with Gasteiger partial charge in [0.2, 0.25) is 0 Å². The van der Waals surface area contributed by atoms with Gasteiger partial charge in [0.05, 0.1) is 28.2 Å². The van der Waals surface area contributed by atoms with E-state index in [1.807, 2.05) is 60.7 Å². The van der Waals surface area contributed by atoms with Crippen LogP contribution in [0.15, 0.2) is 94.2 Å². The molecule has 3 aromatic carbocycles. The van der Waals surface area contributed by atoms with Crippen molar-refractivity contribution in [2.45, 2.75) is 6.92 Å². The SMILES string of the molecule is Cc1c(NC(=O)COC(=O)c2cc(-c3ccc(Br)cc3)nc3ccccc23)c(=O)n(-c2ccccc2)n1C. The minimum Gasteiger partial charge on any atom is -0.452 e. The number of anilines is 1. The Bertz CT molecular complexity index is 1720. The van der Waals surface area contributed by atoms with Crippen LogP contribution >= 0.6 is 15.9 Å². The molecule has 9 heteroatoms. The summed E-state index contributed by atoms with van der Waals surface area (Å²) < 4.78 is 9.43. The van der Waals surface area contributed by atoms with E-state index in [9.17, 15) is 14.4 Å². The summed E-state index contributed by atoms with van der Waals surface area (Å²) in [5, 5.41) is 3.22. The van der Waals surface area contributed by atoms with Crippen molar-refractivity contribution in [3.05, 3.63) is 111 Å². The summed E-state index contributed by atoms with van der Waals surface area (Å²) in [5.74, 6) is -1.28. The lowest BCUT2D eigenvalue weighted by molar-refractivity contribution is -0.119. The Morgan fingerprint density at radius 3 is 2.39 bits per heavy atom. The Morgan fingerprint density at radius 1 is 0.974 bits per heavy atom. The maximum absolute atomic E-state index is 13.1. The summed E-state index contributed by atoms with van der Waals surface area (Å²) in [6, 6.07) is 25.6. The van der Waals surface area contributed by atoms with E-state index < -0.39 is 18.5 Å². The van der Waals surface area contributed by atoms with Gasteiger partial charge in [-0.15, -0.1) is 0 Å². The van der Waals surface area contributed by atoms with Crippen molar-refractivity contribution in [3.63, 3.8) is 0 Å². The molecule has 0 spiro atoms. The number of nitrogens with zero attached hydrogens (tertiary/aromatic N) is 3. The van der Waals surface area contributed by atoms with Crippen LogP contribution in [0.2, 0.25) is 0 Å². The van der Waals surface area contributed by atoms with Crippen LogP contribution in [0.25, 0.3) is 27.8 Å². The molecule has 8 nitrogen and oxygen atoms in total. The number of hydrogen-bond donors (Lipinski definition) is 1. The molecule has 190 valence electrons. The molecule has 2 heterocycles. The fraction of sp³-hybridized carbons (Fsp3) is 0.103. The van der Waals surface area contributed by atoms with Gasteiger partial charge in [-0.3, -0.25) is 14.3 Å². The van der Waals surface area contributed by atoms with Crippen molar-refractivity contribution in [2.24, 2.45) is 7.05 Å². The van der Waals surface area contributed by atoms with Gasteiger partial charge >= 0.3 is 5.97 Å². The van der Waals surface area contributed by atoms with E-state index in [1.54, 1.807) is 42.9 Å². The molecule has 5 rings (SSSR count). The van der Waals surface area contributed by atoms with Gasteiger partial charge in [0.1, 0.15) is 5.69 Å². The van der Waals surface area contributed by atoms with Gasteiger partial charge in [0.25, 0.3) is 11.5 Å². The summed E-state index contributed by atoms with van der Waals surface area (Å²) in [6.45, 7) is 1.18. The van der Waals surface area contributed by atoms with E-state index in [1.165, 1.54) is 4.68 Å². The molecule has 0 saturated heterocycles. The second kappa shape index (κ2) is 10.5. The van der Waals surface area contributed by atoms with E-state index in [2.05, 4.69) is 26.2 Å². The van der Waals surface area contributed by atoms with Gasteiger partial charge in [-0.2, -0.15) is 0 Å². The van der Waals surface area contributed by atoms with E-state index in [0.29, 0.717) is 33.5 Å². The van der Waals surface area contributed by atoms with Crippen LogP contribution in [0.1, 0.15) is 16.1 Å². The number of ether oxygens (including phenoxy) is 1. The number of halogens is 1. The zero-order chi connectivity index (χ0) is 26.8. The molecule has 5 aromatic rings. The highest BCUT2D eigenvalue weighted by atomic mass is 79.9. The maximum atomic E-state index is 13.1. The quantitative estimate of drug-likeness (QED) is 0.281. The first-order valence-corrected chi connectivity index (χ1v) is 12.6. The summed E-state index contributed by atoms with van der Waals surface area (Å²) in [7, 11) is 1.73. The van der Waals surface area contributed by atoms with Crippen molar-refractivity contribution in [3.8, 4) is 16.9 Å². The van der Waals surface area contributed by atoms with Crippen molar-refractivity contribution in [2.75, 3.05) is 11.9 Å².